The van der Waals surface area contributed by atoms with Crippen LogP contribution in [0.3, 0.4) is 0 Å². The molecule has 6 heteroatoms. The molecule has 108 valence electrons. The Hall–Kier alpha value is -1.17. The molecule has 0 amide bonds. The summed E-state index contributed by atoms with van der Waals surface area (Å²) in [5.41, 5.74) is 1.02. The smallest absolute Gasteiger partial charge is 0.224 e. The lowest BCUT2D eigenvalue weighted by Gasteiger charge is -2.16. The number of hydrogen-bond donors (Lipinski definition) is 2. The molecule has 0 bridgehead atoms. The van der Waals surface area contributed by atoms with Crippen LogP contribution in [-0.4, -0.2) is 38.8 Å². The summed E-state index contributed by atoms with van der Waals surface area (Å²) in [6.45, 7) is 7.03. The van der Waals surface area contributed by atoms with Gasteiger partial charge >= 0.3 is 0 Å². The highest BCUT2D eigenvalue weighted by Gasteiger charge is 2.08. The summed E-state index contributed by atoms with van der Waals surface area (Å²) in [7, 11) is -0.743. The van der Waals surface area contributed by atoms with Crippen LogP contribution < -0.4 is 10.6 Å². The Balaban J connectivity index is 2.62. The minimum Gasteiger partial charge on any atom is -0.367 e. The Morgan fingerprint density at radius 1 is 1.47 bits per heavy atom. The molecule has 2 atom stereocenters. The SMILES string of the molecule is CCCNc1ncc(C)c(NC(C)CCS(C)=O)n1. The van der Waals surface area contributed by atoms with Crippen molar-refractivity contribution in [3.05, 3.63) is 11.8 Å². The first-order chi connectivity index (χ1) is 9.02. The monoisotopic (exact) mass is 284 g/mol. The highest BCUT2D eigenvalue weighted by atomic mass is 32.2. The molecule has 1 aromatic rings. The standard InChI is InChI=1S/C13H24N4OS/c1-5-7-14-13-15-9-10(2)12(17-13)16-11(3)6-8-19(4)18/h9,11H,5-8H2,1-4H3,(H2,14,15,16,17). The summed E-state index contributed by atoms with van der Waals surface area (Å²) in [5, 5.41) is 6.53. The predicted octanol–water partition coefficient (Wildman–Crippen LogP) is 2.18. The zero-order valence-electron chi connectivity index (χ0n) is 12.2. The van der Waals surface area contributed by atoms with Gasteiger partial charge in [0.1, 0.15) is 5.82 Å². The summed E-state index contributed by atoms with van der Waals surface area (Å²) in [6.07, 6.45) is 5.45. The quantitative estimate of drug-likeness (QED) is 0.766. The fourth-order valence-corrected chi connectivity index (χ4v) is 2.24. The van der Waals surface area contributed by atoms with Gasteiger partial charge in [-0.2, -0.15) is 4.98 Å². The average molecular weight is 284 g/mol. The number of rotatable bonds is 8. The molecular weight excluding hydrogens is 260 g/mol. The summed E-state index contributed by atoms with van der Waals surface area (Å²) in [6, 6.07) is 0.247. The second kappa shape index (κ2) is 8.09. The van der Waals surface area contributed by atoms with Crippen molar-refractivity contribution in [2.24, 2.45) is 0 Å². The van der Waals surface area contributed by atoms with Gasteiger partial charge in [-0.25, -0.2) is 4.98 Å². The fraction of sp³-hybridized carbons (Fsp3) is 0.692. The molecule has 0 aliphatic rings. The molecular formula is C13H24N4OS. The lowest BCUT2D eigenvalue weighted by Crippen LogP contribution is -2.20. The molecule has 1 aromatic heterocycles. The lowest BCUT2D eigenvalue weighted by molar-refractivity contribution is 0.678. The molecule has 0 fully saturated rings. The topological polar surface area (TPSA) is 66.9 Å². The highest BCUT2D eigenvalue weighted by molar-refractivity contribution is 7.84. The third-order valence-electron chi connectivity index (χ3n) is 2.73. The molecule has 0 radical (unpaired) electrons. The van der Waals surface area contributed by atoms with E-state index in [9.17, 15) is 4.21 Å². The Morgan fingerprint density at radius 3 is 2.84 bits per heavy atom. The first kappa shape index (κ1) is 15.9. The van der Waals surface area contributed by atoms with E-state index in [4.69, 9.17) is 0 Å². The van der Waals surface area contributed by atoms with Crippen LogP contribution in [0.1, 0.15) is 32.3 Å². The van der Waals surface area contributed by atoms with Crippen LogP contribution in [0.25, 0.3) is 0 Å². The van der Waals surface area contributed by atoms with Crippen LogP contribution in [0, 0.1) is 6.92 Å². The zero-order valence-corrected chi connectivity index (χ0v) is 13.0. The minimum absolute atomic E-state index is 0.247. The van der Waals surface area contributed by atoms with E-state index in [0.29, 0.717) is 11.7 Å². The highest BCUT2D eigenvalue weighted by Crippen LogP contribution is 2.14. The van der Waals surface area contributed by atoms with Gasteiger partial charge in [0, 0.05) is 47.2 Å². The van der Waals surface area contributed by atoms with Crippen LogP contribution in [0.5, 0.6) is 0 Å². The Bertz CT molecular complexity index is 425. The third kappa shape index (κ3) is 6.00. The molecule has 1 heterocycles. The zero-order chi connectivity index (χ0) is 14.3. The van der Waals surface area contributed by atoms with Crippen molar-refractivity contribution >= 4 is 22.6 Å². The van der Waals surface area contributed by atoms with E-state index in [1.54, 1.807) is 6.26 Å². The molecule has 0 aliphatic carbocycles. The number of anilines is 2. The summed E-state index contributed by atoms with van der Waals surface area (Å²) >= 11 is 0. The molecule has 19 heavy (non-hydrogen) atoms. The van der Waals surface area contributed by atoms with Crippen LogP contribution in [-0.2, 0) is 10.8 Å². The average Bonchev–Trinajstić information content (AvgIpc) is 2.37. The largest absolute Gasteiger partial charge is 0.367 e. The van der Waals surface area contributed by atoms with Crippen molar-refractivity contribution in [2.75, 3.05) is 29.2 Å². The van der Waals surface area contributed by atoms with Crippen molar-refractivity contribution in [1.29, 1.82) is 0 Å². The van der Waals surface area contributed by atoms with E-state index in [-0.39, 0.29) is 6.04 Å². The van der Waals surface area contributed by atoms with Crippen molar-refractivity contribution in [3.63, 3.8) is 0 Å². The normalized spacial score (nSPS) is 13.9. The number of hydrogen-bond acceptors (Lipinski definition) is 5. The van der Waals surface area contributed by atoms with Crippen molar-refractivity contribution < 1.29 is 4.21 Å². The van der Waals surface area contributed by atoms with Crippen molar-refractivity contribution in [2.45, 2.75) is 39.7 Å². The van der Waals surface area contributed by atoms with Crippen molar-refractivity contribution in [1.82, 2.24) is 9.97 Å². The van der Waals surface area contributed by atoms with E-state index < -0.39 is 10.8 Å². The van der Waals surface area contributed by atoms with Gasteiger partial charge in [-0.05, 0) is 26.7 Å². The van der Waals surface area contributed by atoms with Gasteiger partial charge in [0.25, 0.3) is 0 Å². The Labute approximate surface area is 118 Å². The molecule has 5 nitrogen and oxygen atoms in total. The summed E-state index contributed by atoms with van der Waals surface area (Å²) in [4.78, 5) is 8.71. The molecule has 0 saturated carbocycles. The molecule has 2 unspecified atom stereocenters. The van der Waals surface area contributed by atoms with Crippen LogP contribution >= 0.6 is 0 Å². The van der Waals surface area contributed by atoms with Gasteiger partial charge in [0.05, 0.1) is 0 Å². The van der Waals surface area contributed by atoms with Crippen LogP contribution in [0.15, 0.2) is 6.20 Å². The van der Waals surface area contributed by atoms with E-state index in [1.165, 1.54) is 0 Å². The first-order valence-corrected chi connectivity index (χ1v) is 8.39. The second-order valence-corrected chi connectivity index (χ2v) is 6.32. The molecule has 0 aliphatic heterocycles. The van der Waals surface area contributed by atoms with Gasteiger partial charge in [-0.15, -0.1) is 0 Å². The van der Waals surface area contributed by atoms with Gasteiger partial charge in [0.2, 0.25) is 5.95 Å². The Morgan fingerprint density at radius 2 is 2.21 bits per heavy atom. The van der Waals surface area contributed by atoms with E-state index in [1.807, 2.05) is 13.1 Å². The second-order valence-electron chi connectivity index (χ2n) is 4.76. The van der Waals surface area contributed by atoms with Gasteiger partial charge < -0.3 is 10.6 Å². The molecule has 0 spiro atoms. The predicted molar refractivity (Wildman–Crippen MR) is 82.2 cm³/mol. The van der Waals surface area contributed by atoms with E-state index >= 15 is 0 Å². The van der Waals surface area contributed by atoms with Crippen LogP contribution in [0.4, 0.5) is 11.8 Å². The van der Waals surface area contributed by atoms with Crippen molar-refractivity contribution in [3.8, 4) is 0 Å². The minimum atomic E-state index is -0.743. The third-order valence-corrected chi connectivity index (χ3v) is 3.54. The number of nitrogens with zero attached hydrogens (tertiary/aromatic N) is 2. The van der Waals surface area contributed by atoms with Crippen LogP contribution in [0.2, 0.25) is 0 Å². The van der Waals surface area contributed by atoms with E-state index in [0.717, 1.165) is 30.8 Å². The molecule has 2 N–H and O–H groups in total. The molecule has 1 rings (SSSR count). The number of aryl methyl sites for hydroxylation is 1. The molecule has 0 aromatic carbocycles. The first-order valence-electron chi connectivity index (χ1n) is 6.67. The molecule has 0 saturated heterocycles. The summed E-state index contributed by atoms with van der Waals surface area (Å²) in [5.74, 6) is 2.21. The maximum atomic E-state index is 11.1. The fourth-order valence-electron chi connectivity index (χ4n) is 1.56. The van der Waals surface area contributed by atoms with Gasteiger partial charge in [0.15, 0.2) is 0 Å². The maximum absolute atomic E-state index is 11.1. The lowest BCUT2D eigenvalue weighted by atomic mass is 10.2. The van der Waals surface area contributed by atoms with E-state index in [2.05, 4.69) is 34.4 Å². The summed E-state index contributed by atoms with van der Waals surface area (Å²) < 4.78 is 11.1. The Kier molecular flexibility index (Phi) is 6.77. The van der Waals surface area contributed by atoms with Gasteiger partial charge in [-0.3, -0.25) is 4.21 Å². The number of aromatic nitrogens is 2. The number of nitrogens with one attached hydrogen (secondary N) is 2. The van der Waals surface area contributed by atoms with Gasteiger partial charge in [-0.1, -0.05) is 6.92 Å². The maximum Gasteiger partial charge on any atom is 0.224 e.